The molecule has 1 heterocycles. The largest absolute Gasteiger partial charge is 0.228 e. The van der Waals surface area contributed by atoms with Gasteiger partial charge in [0.15, 0.2) is 5.82 Å². The second kappa shape index (κ2) is 15.3. The molecule has 2 aliphatic carbocycles. The third kappa shape index (κ3) is 5.89. The average molecular weight is 853 g/mol. The molecule has 2 heteroatoms. The standard InChI is InChI=1S/C65H44N2/c1-64(46-22-8-3-9-23-46)57-32-18-16-30-52(57)54-36-34-44(41-60(54)64)49-37-38-55(51-29-15-14-28-50(49)51)62-42-61(66-63(67-62)43-20-6-2-7-21-43)45-35-39-59-56(40-45)53-31-17-19-33-58(53)65(59,47-24-10-4-11-25-47)48-26-12-5-13-27-48/h2-42H,1H3. The molecule has 314 valence electrons. The van der Waals surface area contributed by atoms with Gasteiger partial charge >= 0.3 is 0 Å². The molecule has 1 unspecified atom stereocenters. The summed E-state index contributed by atoms with van der Waals surface area (Å²) in [6.07, 6.45) is 0. The molecule has 0 spiro atoms. The second-order valence-electron chi connectivity index (χ2n) is 18.1. The summed E-state index contributed by atoms with van der Waals surface area (Å²) in [5.74, 6) is 0.698. The first-order valence-electron chi connectivity index (χ1n) is 23.2. The van der Waals surface area contributed by atoms with Crippen molar-refractivity contribution in [3.05, 3.63) is 288 Å². The highest BCUT2D eigenvalue weighted by molar-refractivity contribution is 6.05. The van der Waals surface area contributed by atoms with Gasteiger partial charge in [-0.15, -0.1) is 0 Å². The lowest BCUT2D eigenvalue weighted by molar-refractivity contribution is 0.714. The van der Waals surface area contributed by atoms with E-state index in [0.29, 0.717) is 5.82 Å². The number of rotatable bonds is 7. The van der Waals surface area contributed by atoms with Crippen molar-refractivity contribution in [2.45, 2.75) is 17.8 Å². The lowest BCUT2D eigenvalue weighted by Gasteiger charge is -2.33. The minimum Gasteiger partial charge on any atom is -0.228 e. The smallest absolute Gasteiger partial charge is 0.160 e. The number of fused-ring (bicyclic) bond motifs is 7. The maximum absolute atomic E-state index is 5.37. The van der Waals surface area contributed by atoms with Crippen LogP contribution in [0.25, 0.3) is 78.1 Å². The Morgan fingerprint density at radius 1 is 0.284 bits per heavy atom. The molecule has 0 bridgehead atoms. The fraction of sp³-hybridized carbons (Fsp3) is 0.0462. The molecule has 0 aliphatic heterocycles. The number of hydrogen-bond donors (Lipinski definition) is 0. The molecular weight excluding hydrogens is 809 g/mol. The highest BCUT2D eigenvalue weighted by Gasteiger charge is 2.46. The van der Waals surface area contributed by atoms with Crippen LogP contribution in [0.3, 0.4) is 0 Å². The number of aromatic nitrogens is 2. The molecule has 1 aromatic heterocycles. The van der Waals surface area contributed by atoms with Gasteiger partial charge in [0, 0.05) is 22.1 Å². The molecule has 2 aliphatic rings. The predicted molar refractivity (Wildman–Crippen MR) is 276 cm³/mol. The molecule has 0 N–H and O–H groups in total. The SMILES string of the molecule is CC1(c2ccccc2)c2ccccc2-c2ccc(-c3ccc(-c4cc(-c5ccc6c(c5)-c5ccccc5C6(c5ccccc5)c5ccccc5)nc(-c5ccccc5)n4)c4ccccc34)cc21. The molecular formula is C65H44N2. The Morgan fingerprint density at radius 3 is 1.45 bits per heavy atom. The number of benzene rings is 10. The van der Waals surface area contributed by atoms with Crippen LogP contribution < -0.4 is 0 Å². The molecule has 11 aromatic rings. The first-order chi connectivity index (χ1) is 33.1. The van der Waals surface area contributed by atoms with Crippen molar-refractivity contribution in [1.82, 2.24) is 9.97 Å². The summed E-state index contributed by atoms with van der Waals surface area (Å²) < 4.78 is 0. The van der Waals surface area contributed by atoms with Gasteiger partial charge in [0.1, 0.15) is 0 Å². The van der Waals surface area contributed by atoms with Crippen molar-refractivity contribution in [2.24, 2.45) is 0 Å². The van der Waals surface area contributed by atoms with Gasteiger partial charge in [0.25, 0.3) is 0 Å². The van der Waals surface area contributed by atoms with E-state index in [1.54, 1.807) is 0 Å². The van der Waals surface area contributed by atoms with Gasteiger partial charge in [-0.25, -0.2) is 9.97 Å². The van der Waals surface area contributed by atoms with Crippen LogP contribution in [0.1, 0.15) is 45.9 Å². The van der Waals surface area contributed by atoms with Gasteiger partial charge < -0.3 is 0 Å². The highest BCUT2D eigenvalue weighted by atomic mass is 14.9. The van der Waals surface area contributed by atoms with E-state index in [1.165, 1.54) is 77.7 Å². The molecule has 0 radical (unpaired) electrons. The maximum atomic E-state index is 5.37. The molecule has 67 heavy (non-hydrogen) atoms. The van der Waals surface area contributed by atoms with Gasteiger partial charge in [-0.3, -0.25) is 0 Å². The minimum atomic E-state index is -0.470. The van der Waals surface area contributed by atoms with Gasteiger partial charge in [-0.05, 0) is 108 Å². The van der Waals surface area contributed by atoms with E-state index in [-0.39, 0.29) is 5.41 Å². The zero-order valence-electron chi connectivity index (χ0n) is 37.1. The Hall–Kier alpha value is -8.46. The molecule has 0 saturated carbocycles. The predicted octanol–water partition coefficient (Wildman–Crippen LogP) is 16.0. The highest BCUT2D eigenvalue weighted by Crippen LogP contribution is 2.57. The molecule has 0 fully saturated rings. The van der Waals surface area contributed by atoms with Crippen LogP contribution in [0.15, 0.2) is 249 Å². The van der Waals surface area contributed by atoms with Crippen molar-refractivity contribution in [3.63, 3.8) is 0 Å². The van der Waals surface area contributed by atoms with Crippen molar-refractivity contribution in [1.29, 1.82) is 0 Å². The Kier molecular flexibility index (Phi) is 8.91. The van der Waals surface area contributed by atoms with Crippen LogP contribution in [-0.2, 0) is 10.8 Å². The van der Waals surface area contributed by atoms with E-state index in [9.17, 15) is 0 Å². The Bertz CT molecular complexity index is 3650. The fourth-order valence-corrected chi connectivity index (χ4v) is 11.6. The second-order valence-corrected chi connectivity index (χ2v) is 18.1. The molecule has 2 nitrogen and oxygen atoms in total. The third-order valence-electron chi connectivity index (χ3n) is 14.7. The van der Waals surface area contributed by atoms with E-state index in [2.05, 4.69) is 250 Å². The Labute approximate surface area is 391 Å². The molecule has 1 atom stereocenters. The summed E-state index contributed by atoms with van der Waals surface area (Å²) in [4.78, 5) is 10.7. The van der Waals surface area contributed by atoms with E-state index in [0.717, 1.165) is 33.5 Å². The lowest BCUT2D eigenvalue weighted by Crippen LogP contribution is -2.28. The summed E-state index contributed by atoms with van der Waals surface area (Å²) in [5, 5.41) is 2.34. The molecule has 13 rings (SSSR count). The van der Waals surface area contributed by atoms with Crippen molar-refractivity contribution < 1.29 is 0 Å². The summed E-state index contributed by atoms with van der Waals surface area (Å²) in [6.45, 7) is 2.39. The normalized spacial score (nSPS) is 15.1. The Balaban J connectivity index is 0.977. The maximum Gasteiger partial charge on any atom is 0.160 e. The van der Waals surface area contributed by atoms with Crippen LogP contribution in [0, 0.1) is 0 Å². The van der Waals surface area contributed by atoms with E-state index >= 15 is 0 Å². The van der Waals surface area contributed by atoms with Gasteiger partial charge in [-0.2, -0.15) is 0 Å². The number of nitrogens with zero attached hydrogens (tertiary/aromatic N) is 2. The topological polar surface area (TPSA) is 25.8 Å². The first-order valence-corrected chi connectivity index (χ1v) is 23.2. The van der Waals surface area contributed by atoms with Crippen LogP contribution in [0.2, 0.25) is 0 Å². The van der Waals surface area contributed by atoms with Crippen molar-refractivity contribution >= 4 is 10.8 Å². The zero-order chi connectivity index (χ0) is 44.5. The van der Waals surface area contributed by atoms with Gasteiger partial charge in [-0.1, -0.05) is 231 Å². The third-order valence-corrected chi connectivity index (χ3v) is 14.7. The fourth-order valence-electron chi connectivity index (χ4n) is 11.6. The van der Waals surface area contributed by atoms with Crippen LogP contribution >= 0.6 is 0 Å². The number of hydrogen-bond acceptors (Lipinski definition) is 2. The van der Waals surface area contributed by atoms with Crippen LogP contribution in [0.5, 0.6) is 0 Å². The van der Waals surface area contributed by atoms with Crippen LogP contribution in [0.4, 0.5) is 0 Å². The summed E-state index contributed by atoms with van der Waals surface area (Å²) in [7, 11) is 0. The van der Waals surface area contributed by atoms with Gasteiger partial charge in [0.2, 0.25) is 0 Å². The lowest BCUT2D eigenvalue weighted by atomic mass is 9.67. The molecule has 0 saturated heterocycles. The first kappa shape index (κ1) is 39.0. The van der Waals surface area contributed by atoms with Crippen molar-refractivity contribution in [2.75, 3.05) is 0 Å². The quantitative estimate of drug-likeness (QED) is 0.160. The molecule has 0 amide bonds. The zero-order valence-corrected chi connectivity index (χ0v) is 37.1. The van der Waals surface area contributed by atoms with E-state index < -0.39 is 5.41 Å². The molecule has 10 aromatic carbocycles. The van der Waals surface area contributed by atoms with Gasteiger partial charge in [0.05, 0.1) is 16.8 Å². The average Bonchev–Trinajstić information content (AvgIpc) is 3.85. The Morgan fingerprint density at radius 2 is 0.761 bits per heavy atom. The minimum absolute atomic E-state index is 0.283. The van der Waals surface area contributed by atoms with Crippen molar-refractivity contribution in [3.8, 4) is 67.3 Å². The summed E-state index contributed by atoms with van der Waals surface area (Å²) in [6, 6.07) is 90.7. The van der Waals surface area contributed by atoms with E-state index in [1.807, 2.05) is 6.07 Å². The summed E-state index contributed by atoms with van der Waals surface area (Å²) >= 11 is 0. The van der Waals surface area contributed by atoms with E-state index in [4.69, 9.17) is 9.97 Å². The monoisotopic (exact) mass is 852 g/mol. The summed E-state index contributed by atoms with van der Waals surface area (Å²) in [5.41, 5.74) is 20.6. The van der Waals surface area contributed by atoms with Crippen LogP contribution in [-0.4, -0.2) is 9.97 Å².